The minimum absolute atomic E-state index is 0.354. The Hall–Kier alpha value is -1.50. The van der Waals surface area contributed by atoms with Crippen LogP contribution >= 0.6 is 11.3 Å². The lowest BCUT2D eigenvalue weighted by Gasteiger charge is -1.99. The molecule has 78 valence electrons. The van der Waals surface area contributed by atoms with Gasteiger partial charge in [0.25, 0.3) is 0 Å². The summed E-state index contributed by atoms with van der Waals surface area (Å²) in [5.74, 6) is 5.48. The zero-order chi connectivity index (χ0) is 10.7. The Labute approximate surface area is 90.7 Å². The van der Waals surface area contributed by atoms with Gasteiger partial charge in [0.1, 0.15) is 10.8 Å². The third-order valence-electron chi connectivity index (χ3n) is 1.82. The molecule has 0 radical (unpaired) electrons. The second kappa shape index (κ2) is 4.35. The zero-order valence-corrected chi connectivity index (χ0v) is 8.70. The summed E-state index contributed by atoms with van der Waals surface area (Å²) in [5, 5.41) is 2.60. The molecule has 0 aliphatic carbocycles. The normalized spacial score (nSPS) is 10.5. The van der Waals surface area contributed by atoms with Gasteiger partial charge >= 0.3 is 0 Å². The molecule has 2 aromatic rings. The first-order valence-electron chi connectivity index (χ1n) is 4.27. The fourth-order valence-electron chi connectivity index (χ4n) is 1.14. The molecule has 0 aliphatic heterocycles. The minimum atomic E-state index is 0.354. The number of nitrogen functional groups attached to an aromatic ring is 1. The predicted octanol–water partition coefficient (Wildman–Crippen LogP) is 1.18. The fraction of sp³-hybridized carbons (Fsp3) is 0.111. The van der Waals surface area contributed by atoms with E-state index in [1.165, 1.54) is 11.3 Å². The zero-order valence-electron chi connectivity index (χ0n) is 7.88. The Kier molecular flexibility index (Phi) is 2.91. The number of anilines is 1. The third kappa shape index (κ3) is 2.30. The van der Waals surface area contributed by atoms with Crippen molar-refractivity contribution in [2.75, 3.05) is 5.73 Å². The first-order valence-corrected chi connectivity index (χ1v) is 5.15. The molecule has 5 nitrogen and oxygen atoms in total. The monoisotopic (exact) mass is 222 g/mol. The molecular weight excluding hydrogens is 212 g/mol. The summed E-state index contributed by atoms with van der Waals surface area (Å²) in [6, 6.07) is 3.76. The SMILES string of the molecule is NOCc1ccc(-c2nc(N)cs2)nc1. The topological polar surface area (TPSA) is 87.0 Å². The molecule has 0 unspecified atom stereocenters. The highest BCUT2D eigenvalue weighted by atomic mass is 32.1. The van der Waals surface area contributed by atoms with Crippen LogP contribution in [0.5, 0.6) is 0 Å². The van der Waals surface area contributed by atoms with Crippen LogP contribution in [0.3, 0.4) is 0 Å². The van der Waals surface area contributed by atoms with E-state index < -0.39 is 0 Å². The summed E-state index contributed by atoms with van der Waals surface area (Å²) in [5.41, 5.74) is 7.25. The Morgan fingerprint density at radius 2 is 2.27 bits per heavy atom. The Balaban J connectivity index is 2.23. The van der Waals surface area contributed by atoms with Crippen molar-refractivity contribution in [3.8, 4) is 10.7 Å². The highest BCUT2D eigenvalue weighted by Gasteiger charge is 2.03. The van der Waals surface area contributed by atoms with E-state index in [1.807, 2.05) is 12.1 Å². The van der Waals surface area contributed by atoms with Gasteiger partial charge in [-0.15, -0.1) is 11.3 Å². The smallest absolute Gasteiger partial charge is 0.144 e. The van der Waals surface area contributed by atoms with E-state index in [2.05, 4.69) is 14.8 Å². The average Bonchev–Trinajstić information content (AvgIpc) is 2.67. The molecule has 0 aliphatic rings. The lowest BCUT2D eigenvalue weighted by molar-refractivity contribution is 0.124. The van der Waals surface area contributed by atoms with Gasteiger partial charge in [-0.25, -0.2) is 10.9 Å². The molecule has 0 saturated heterocycles. The van der Waals surface area contributed by atoms with E-state index in [9.17, 15) is 0 Å². The molecule has 2 rings (SSSR count). The standard InChI is InChI=1S/C9H10N4OS/c10-8-5-15-9(13-8)7-2-1-6(3-12-7)4-14-11/h1-3,5H,4,10-11H2. The van der Waals surface area contributed by atoms with Gasteiger partial charge in [0.15, 0.2) is 0 Å². The lowest BCUT2D eigenvalue weighted by atomic mass is 10.2. The molecule has 2 heterocycles. The molecule has 0 atom stereocenters. The summed E-state index contributed by atoms with van der Waals surface area (Å²) in [7, 11) is 0. The maximum Gasteiger partial charge on any atom is 0.144 e. The Bertz CT molecular complexity index is 440. The number of aromatic nitrogens is 2. The summed E-state index contributed by atoms with van der Waals surface area (Å²) >= 11 is 1.47. The molecule has 4 N–H and O–H groups in total. The predicted molar refractivity (Wildman–Crippen MR) is 58.7 cm³/mol. The van der Waals surface area contributed by atoms with E-state index in [-0.39, 0.29) is 0 Å². The maximum atomic E-state index is 5.53. The quantitative estimate of drug-likeness (QED) is 0.761. The van der Waals surface area contributed by atoms with E-state index in [0.29, 0.717) is 12.4 Å². The number of nitrogens with two attached hydrogens (primary N) is 2. The Morgan fingerprint density at radius 1 is 1.40 bits per heavy atom. The van der Waals surface area contributed by atoms with Crippen LogP contribution in [0.25, 0.3) is 10.7 Å². The molecule has 0 fully saturated rings. The molecule has 2 aromatic heterocycles. The van der Waals surface area contributed by atoms with Crippen molar-refractivity contribution in [3.05, 3.63) is 29.3 Å². The molecule has 6 heteroatoms. The Morgan fingerprint density at radius 3 is 2.80 bits per heavy atom. The summed E-state index contributed by atoms with van der Waals surface area (Å²) in [4.78, 5) is 12.9. The van der Waals surface area contributed by atoms with Crippen LogP contribution in [0.15, 0.2) is 23.7 Å². The van der Waals surface area contributed by atoms with Crippen LogP contribution in [0.4, 0.5) is 5.82 Å². The largest absolute Gasteiger partial charge is 0.383 e. The van der Waals surface area contributed by atoms with E-state index in [1.54, 1.807) is 11.6 Å². The van der Waals surface area contributed by atoms with Crippen molar-refractivity contribution in [2.24, 2.45) is 5.90 Å². The first-order chi connectivity index (χ1) is 7.29. The number of thiazole rings is 1. The van der Waals surface area contributed by atoms with Crippen LogP contribution in [0, 0.1) is 0 Å². The first kappa shape index (κ1) is 10.0. The van der Waals surface area contributed by atoms with Crippen molar-refractivity contribution in [2.45, 2.75) is 6.61 Å². The summed E-state index contributed by atoms with van der Waals surface area (Å²) in [6.07, 6.45) is 1.71. The second-order valence-electron chi connectivity index (χ2n) is 2.94. The van der Waals surface area contributed by atoms with E-state index >= 15 is 0 Å². The molecule has 0 saturated carbocycles. The van der Waals surface area contributed by atoms with E-state index in [4.69, 9.17) is 11.6 Å². The number of rotatable bonds is 3. The van der Waals surface area contributed by atoms with Gasteiger partial charge in [-0.05, 0) is 11.6 Å². The molecule has 0 bridgehead atoms. The third-order valence-corrected chi connectivity index (χ3v) is 2.70. The average molecular weight is 222 g/mol. The maximum absolute atomic E-state index is 5.53. The number of hydrogen-bond donors (Lipinski definition) is 2. The van der Waals surface area contributed by atoms with Crippen molar-refractivity contribution in [3.63, 3.8) is 0 Å². The summed E-state index contributed by atoms with van der Waals surface area (Å²) in [6.45, 7) is 0.354. The number of nitrogens with zero attached hydrogens (tertiary/aromatic N) is 2. The highest BCUT2D eigenvalue weighted by molar-refractivity contribution is 7.13. The van der Waals surface area contributed by atoms with Gasteiger partial charge in [-0.3, -0.25) is 9.82 Å². The number of hydrogen-bond acceptors (Lipinski definition) is 6. The molecule has 0 aromatic carbocycles. The van der Waals surface area contributed by atoms with Crippen LogP contribution in [0.2, 0.25) is 0 Å². The van der Waals surface area contributed by atoms with Crippen molar-refractivity contribution >= 4 is 17.2 Å². The number of pyridine rings is 1. The molecule has 15 heavy (non-hydrogen) atoms. The molecule has 0 spiro atoms. The fourth-order valence-corrected chi connectivity index (χ4v) is 1.82. The van der Waals surface area contributed by atoms with Gasteiger partial charge in [-0.2, -0.15) is 0 Å². The highest BCUT2D eigenvalue weighted by Crippen LogP contribution is 2.22. The van der Waals surface area contributed by atoms with Crippen molar-refractivity contribution in [1.29, 1.82) is 0 Å². The van der Waals surface area contributed by atoms with Crippen molar-refractivity contribution < 1.29 is 4.84 Å². The van der Waals surface area contributed by atoms with Gasteiger partial charge in [0.05, 0.1) is 12.3 Å². The van der Waals surface area contributed by atoms with Gasteiger partial charge in [0, 0.05) is 11.6 Å². The van der Waals surface area contributed by atoms with Crippen LogP contribution in [-0.2, 0) is 11.4 Å². The van der Waals surface area contributed by atoms with Crippen molar-refractivity contribution in [1.82, 2.24) is 9.97 Å². The lowest BCUT2D eigenvalue weighted by Crippen LogP contribution is -1.99. The van der Waals surface area contributed by atoms with Crippen LogP contribution in [-0.4, -0.2) is 9.97 Å². The summed E-state index contributed by atoms with van der Waals surface area (Å²) < 4.78 is 0. The van der Waals surface area contributed by atoms with Crippen LogP contribution in [0.1, 0.15) is 5.56 Å². The van der Waals surface area contributed by atoms with E-state index in [0.717, 1.165) is 16.3 Å². The van der Waals surface area contributed by atoms with Crippen LogP contribution < -0.4 is 11.6 Å². The molecular formula is C9H10N4OS. The van der Waals surface area contributed by atoms with Gasteiger partial charge < -0.3 is 5.73 Å². The second-order valence-corrected chi connectivity index (χ2v) is 3.80. The molecule has 0 amide bonds. The van der Waals surface area contributed by atoms with Gasteiger partial charge in [-0.1, -0.05) is 6.07 Å². The minimum Gasteiger partial charge on any atom is -0.383 e. The van der Waals surface area contributed by atoms with Gasteiger partial charge in [0.2, 0.25) is 0 Å².